The Morgan fingerprint density at radius 2 is 1.77 bits per heavy atom. The Kier molecular flexibility index (Phi) is 4.75. The van der Waals surface area contributed by atoms with Crippen LogP contribution in [-0.4, -0.2) is 31.2 Å². The predicted octanol–water partition coefficient (Wildman–Crippen LogP) is 3.99. The van der Waals surface area contributed by atoms with Gasteiger partial charge in [0.1, 0.15) is 11.3 Å². The first-order chi connectivity index (χ1) is 14.6. The van der Waals surface area contributed by atoms with E-state index < -0.39 is 29.5 Å². The number of benzene rings is 1. The number of nitrogens with zero attached hydrogens (tertiary/aromatic N) is 4. The maximum atomic E-state index is 15.4. The van der Waals surface area contributed by atoms with Crippen molar-refractivity contribution in [3.8, 4) is 11.1 Å². The van der Waals surface area contributed by atoms with E-state index in [-0.39, 0.29) is 11.2 Å². The van der Waals surface area contributed by atoms with Crippen LogP contribution in [0, 0.1) is 5.95 Å². The Hall–Kier alpha value is -3.76. The standard InChI is InChI=1S/C20H14F5N5O/c1-29-11-14(10-26-29)13-7-8-30-15(9-13)27-17(21)16(30)19(22,20(23,24)25)28-18(31)12-5-3-2-4-6-12/h2-11H,1H3,(H,28,31). The van der Waals surface area contributed by atoms with Gasteiger partial charge < -0.3 is 5.32 Å². The van der Waals surface area contributed by atoms with Crippen LogP contribution in [0.25, 0.3) is 16.8 Å². The molecule has 1 atom stereocenters. The van der Waals surface area contributed by atoms with Gasteiger partial charge in [0.2, 0.25) is 5.95 Å². The number of alkyl halides is 4. The smallest absolute Gasteiger partial charge is 0.307 e. The van der Waals surface area contributed by atoms with Crippen LogP contribution in [0.1, 0.15) is 16.1 Å². The van der Waals surface area contributed by atoms with Gasteiger partial charge in [-0.25, -0.2) is 4.39 Å². The SMILES string of the molecule is Cn1cc(-c2ccn3c(C(F)(NC(=O)c4ccccc4)C(F)(F)F)c(F)nc3c2)cn1. The molecule has 0 aliphatic heterocycles. The van der Waals surface area contributed by atoms with Crippen LogP contribution >= 0.6 is 0 Å². The number of pyridine rings is 1. The summed E-state index contributed by atoms with van der Waals surface area (Å²) in [5.41, 5.74) is -0.871. The van der Waals surface area contributed by atoms with Crippen LogP contribution in [-0.2, 0) is 12.8 Å². The molecule has 1 N–H and O–H groups in total. The Labute approximate surface area is 171 Å². The van der Waals surface area contributed by atoms with Crippen molar-refractivity contribution < 1.29 is 26.7 Å². The van der Waals surface area contributed by atoms with Crippen molar-refractivity contribution in [3.63, 3.8) is 0 Å². The lowest BCUT2D eigenvalue weighted by molar-refractivity contribution is -0.246. The second kappa shape index (κ2) is 7.18. The Bertz CT molecular complexity index is 1260. The number of amides is 1. The lowest BCUT2D eigenvalue weighted by atomic mass is 10.1. The predicted molar refractivity (Wildman–Crippen MR) is 100 cm³/mol. The van der Waals surface area contributed by atoms with Crippen molar-refractivity contribution in [2.45, 2.75) is 12.0 Å². The zero-order valence-electron chi connectivity index (χ0n) is 15.9. The van der Waals surface area contributed by atoms with Gasteiger partial charge in [0.15, 0.2) is 0 Å². The summed E-state index contributed by atoms with van der Waals surface area (Å²) in [6.07, 6.45) is -1.48. The van der Waals surface area contributed by atoms with E-state index in [0.29, 0.717) is 15.5 Å². The van der Waals surface area contributed by atoms with E-state index in [0.717, 1.165) is 6.20 Å². The van der Waals surface area contributed by atoms with E-state index in [2.05, 4.69) is 10.1 Å². The Balaban J connectivity index is 1.82. The van der Waals surface area contributed by atoms with E-state index >= 15 is 4.39 Å². The van der Waals surface area contributed by atoms with Crippen molar-refractivity contribution in [2.24, 2.45) is 7.05 Å². The van der Waals surface area contributed by atoms with Crippen LogP contribution in [0.15, 0.2) is 61.1 Å². The summed E-state index contributed by atoms with van der Waals surface area (Å²) in [6, 6.07) is 9.40. The van der Waals surface area contributed by atoms with Gasteiger partial charge in [-0.1, -0.05) is 18.2 Å². The molecule has 3 heterocycles. The lowest BCUT2D eigenvalue weighted by Gasteiger charge is -2.28. The molecule has 0 aliphatic rings. The number of aromatic nitrogens is 4. The fourth-order valence-corrected chi connectivity index (χ4v) is 3.16. The van der Waals surface area contributed by atoms with Crippen molar-refractivity contribution in [1.82, 2.24) is 24.5 Å². The molecule has 0 saturated heterocycles. The molecule has 0 bridgehead atoms. The van der Waals surface area contributed by atoms with Crippen molar-refractivity contribution in [2.75, 3.05) is 0 Å². The molecule has 4 rings (SSSR count). The highest BCUT2D eigenvalue weighted by molar-refractivity contribution is 5.94. The molecule has 1 unspecified atom stereocenters. The molecule has 31 heavy (non-hydrogen) atoms. The van der Waals surface area contributed by atoms with Crippen LogP contribution < -0.4 is 5.32 Å². The number of nitrogens with one attached hydrogen (secondary N) is 1. The minimum atomic E-state index is -5.67. The number of carbonyl (C=O) groups excluding carboxylic acids is 1. The zero-order chi connectivity index (χ0) is 22.4. The number of hydrogen-bond donors (Lipinski definition) is 1. The molecular formula is C20H14F5N5O. The number of fused-ring (bicyclic) bond motifs is 1. The highest BCUT2D eigenvalue weighted by Gasteiger charge is 2.62. The van der Waals surface area contributed by atoms with Gasteiger partial charge >= 0.3 is 12.0 Å². The first-order valence-corrected chi connectivity index (χ1v) is 8.90. The van der Waals surface area contributed by atoms with Gasteiger partial charge in [-0.2, -0.15) is 27.6 Å². The molecular weight excluding hydrogens is 421 g/mol. The third kappa shape index (κ3) is 3.51. The fourth-order valence-electron chi connectivity index (χ4n) is 3.16. The number of halogens is 5. The normalized spacial score (nSPS) is 13.9. The first kappa shape index (κ1) is 20.5. The summed E-state index contributed by atoms with van der Waals surface area (Å²) in [5, 5.41) is 5.28. The second-order valence-electron chi connectivity index (χ2n) is 6.77. The molecule has 0 aliphatic carbocycles. The topological polar surface area (TPSA) is 64.2 Å². The number of carbonyl (C=O) groups is 1. The van der Waals surface area contributed by atoms with Gasteiger partial charge in [0, 0.05) is 30.6 Å². The van der Waals surface area contributed by atoms with Gasteiger partial charge in [0.25, 0.3) is 5.91 Å². The number of aryl methyl sites for hydroxylation is 1. The van der Waals surface area contributed by atoms with Crippen LogP contribution in [0.5, 0.6) is 0 Å². The van der Waals surface area contributed by atoms with Crippen LogP contribution in [0.3, 0.4) is 0 Å². The molecule has 1 aromatic carbocycles. The largest absolute Gasteiger partial charge is 0.448 e. The summed E-state index contributed by atoms with van der Waals surface area (Å²) in [4.78, 5) is 15.7. The summed E-state index contributed by atoms with van der Waals surface area (Å²) < 4.78 is 73.5. The molecule has 1 amide bonds. The summed E-state index contributed by atoms with van der Waals surface area (Å²) >= 11 is 0. The summed E-state index contributed by atoms with van der Waals surface area (Å²) in [7, 11) is 1.67. The van der Waals surface area contributed by atoms with Crippen molar-refractivity contribution in [3.05, 3.63) is 78.3 Å². The molecule has 0 spiro atoms. The number of imidazole rings is 1. The Morgan fingerprint density at radius 1 is 1.06 bits per heavy atom. The maximum Gasteiger partial charge on any atom is 0.448 e. The van der Waals surface area contributed by atoms with E-state index in [4.69, 9.17) is 0 Å². The van der Waals surface area contributed by atoms with E-state index in [1.165, 1.54) is 58.7 Å². The van der Waals surface area contributed by atoms with Crippen molar-refractivity contribution in [1.29, 1.82) is 0 Å². The number of rotatable bonds is 4. The van der Waals surface area contributed by atoms with Gasteiger partial charge in [-0.3, -0.25) is 13.9 Å². The third-order valence-electron chi connectivity index (χ3n) is 4.66. The number of hydrogen-bond acceptors (Lipinski definition) is 3. The molecule has 4 aromatic rings. The first-order valence-electron chi connectivity index (χ1n) is 8.90. The van der Waals surface area contributed by atoms with E-state index in [9.17, 15) is 22.4 Å². The van der Waals surface area contributed by atoms with Gasteiger partial charge in [0.05, 0.1) is 6.20 Å². The molecule has 0 fully saturated rings. The second-order valence-corrected chi connectivity index (χ2v) is 6.77. The van der Waals surface area contributed by atoms with Crippen LogP contribution in [0.2, 0.25) is 0 Å². The van der Waals surface area contributed by atoms with E-state index in [1.54, 1.807) is 13.2 Å². The molecule has 0 radical (unpaired) electrons. The molecule has 0 saturated carbocycles. The van der Waals surface area contributed by atoms with Gasteiger partial charge in [-0.05, 0) is 29.8 Å². The average Bonchev–Trinajstić information content (AvgIpc) is 3.29. The van der Waals surface area contributed by atoms with Crippen molar-refractivity contribution >= 4 is 11.6 Å². The Morgan fingerprint density at radius 3 is 2.39 bits per heavy atom. The monoisotopic (exact) mass is 435 g/mol. The lowest BCUT2D eigenvalue weighted by Crippen LogP contribution is -2.54. The highest BCUT2D eigenvalue weighted by Crippen LogP contribution is 2.42. The summed E-state index contributed by atoms with van der Waals surface area (Å²) in [6.45, 7) is 0. The third-order valence-corrected chi connectivity index (χ3v) is 4.66. The average molecular weight is 435 g/mol. The highest BCUT2D eigenvalue weighted by atomic mass is 19.4. The van der Waals surface area contributed by atoms with Gasteiger partial charge in [-0.15, -0.1) is 0 Å². The zero-order valence-corrected chi connectivity index (χ0v) is 15.9. The molecule has 160 valence electrons. The molecule has 3 aromatic heterocycles. The molecule has 6 nitrogen and oxygen atoms in total. The fraction of sp³-hybridized carbons (Fsp3) is 0.150. The summed E-state index contributed by atoms with van der Waals surface area (Å²) in [5.74, 6) is -7.59. The minimum Gasteiger partial charge on any atom is -0.307 e. The molecule has 11 heteroatoms. The minimum absolute atomic E-state index is 0.220. The maximum absolute atomic E-state index is 15.4. The van der Waals surface area contributed by atoms with E-state index in [1.807, 2.05) is 0 Å². The van der Waals surface area contributed by atoms with Crippen LogP contribution in [0.4, 0.5) is 22.0 Å². The quantitative estimate of drug-likeness (QED) is 0.390.